The van der Waals surface area contributed by atoms with Crippen LogP contribution in [-0.4, -0.2) is 51.3 Å². The summed E-state index contributed by atoms with van der Waals surface area (Å²) in [7, 11) is 1.78. The van der Waals surface area contributed by atoms with Crippen LogP contribution in [0.2, 0.25) is 0 Å². The van der Waals surface area contributed by atoms with E-state index in [4.69, 9.17) is 4.74 Å². The molecule has 1 saturated carbocycles. The van der Waals surface area contributed by atoms with Crippen molar-refractivity contribution in [2.45, 2.75) is 52.9 Å². The van der Waals surface area contributed by atoms with Gasteiger partial charge in [0.2, 0.25) is 0 Å². The normalized spacial score (nSPS) is 27.1. The van der Waals surface area contributed by atoms with Gasteiger partial charge in [0.15, 0.2) is 0 Å². The summed E-state index contributed by atoms with van der Waals surface area (Å²) < 4.78 is 5.15. The third-order valence-electron chi connectivity index (χ3n) is 4.71. The van der Waals surface area contributed by atoms with Gasteiger partial charge in [-0.2, -0.15) is 0 Å². The van der Waals surface area contributed by atoms with Crippen LogP contribution in [-0.2, 0) is 4.74 Å². The molecule has 0 bridgehead atoms. The summed E-state index contributed by atoms with van der Waals surface area (Å²) in [5.41, 5.74) is 0.483. The van der Waals surface area contributed by atoms with E-state index in [2.05, 4.69) is 31.0 Å². The van der Waals surface area contributed by atoms with Crippen molar-refractivity contribution in [2.75, 3.05) is 46.4 Å². The van der Waals surface area contributed by atoms with E-state index < -0.39 is 0 Å². The minimum absolute atomic E-state index is 0.483. The third-order valence-corrected chi connectivity index (χ3v) is 4.71. The molecule has 1 N–H and O–H groups in total. The van der Waals surface area contributed by atoms with Crippen LogP contribution >= 0.6 is 0 Å². The summed E-state index contributed by atoms with van der Waals surface area (Å²) in [5.74, 6) is 0.883. The molecule has 120 valence electrons. The predicted octanol–water partition coefficient (Wildman–Crippen LogP) is 3.15. The summed E-state index contributed by atoms with van der Waals surface area (Å²) in [6.07, 6.45) is 6.85. The molecule has 3 heteroatoms. The highest BCUT2D eigenvalue weighted by molar-refractivity contribution is 4.89. The Balaban J connectivity index is 2.57. The molecule has 0 saturated heterocycles. The third kappa shape index (κ3) is 6.11. The predicted molar refractivity (Wildman–Crippen MR) is 87.2 cm³/mol. The molecule has 0 radical (unpaired) electrons. The average Bonchev–Trinajstić information content (AvgIpc) is 2.43. The molecular formula is C17H36N2O. The van der Waals surface area contributed by atoms with Crippen molar-refractivity contribution in [3.05, 3.63) is 0 Å². The Morgan fingerprint density at radius 1 is 1.35 bits per heavy atom. The molecule has 20 heavy (non-hydrogen) atoms. The van der Waals surface area contributed by atoms with E-state index in [0.717, 1.165) is 25.6 Å². The first kappa shape index (κ1) is 17.9. The van der Waals surface area contributed by atoms with Gasteiger partial charge in [-0.15, -0.1) is 0 Å². The summed E-state index contributed by atoms with van der Waals surface area (Å²) in [6, 6.07) is 0. The molecule has 0 aromatic rings. The van der Waals surface area contributed by atoms with Gasteiger partial charge >= 0.3 is 0 Å². The lowest BCUT2D eigenvalue weighted by Gasteiger charge is -2.43. The number of hydrogen-bond acceptors (Lipinski definition) is 3. The minimum Gasteiger partial charge on any atom is -0.383 e. The number of hydrogen-bond donors (Lipinski definition) is 1. The Labute approximate surface area is 126 Å². The maximum Gasteiger partial charge on any atom is 0.0587 e. The number of rotatable bonds is 10. The fourth-order valence-corrected chi connectivity index (χ4v) is 3.80. The highest BCUT2D eigenvalue weighted by Gasteiger charge is 2.35. The highest BCUT2D eigenvalue weighted by Crippen LogP contribution is 2.39. The van der Waals surface area contributed by atoms with Gasteiger partial charge < -0.3 is 15.0 Å². The van der Waals surface area contributed by atoms with Crippen molar-refractivity contribution in [1.82, 2.24) is 10.2 Å². The Morgan fingerprint density at radius 2 is 2.15 bits per heavy atom. The Hall–Kier alpha value is -0.120. The summed E-state index contributed by atoms with van der Waals surface area (Å²) in [6.45, 7) is 13.7. The zero-order valence-electron chi connectivity index (χ0n) is 14.2. The van der Waals surface area contributed by atoms with E-state index in [-0.39, 0.29) is 0 Å². The van der Waals surface area contributed by atoms with E-state index in [1.54, 1.807) is 7.11 Å². The SMILES string of the molecule is CCCN(CC)CC1(CNCCOC)CCCC(C)C1. The van der Waals surface area contributed by atoms with Crippen molar-refractivity contribution >= 4 is 0 Å². The van der Waals surface area contributed by atoms with E-state index in [0.29, 0.717) is 5.41 Å². The second-order valence-corrected chi connectivity index (χ2v) is 6.74. The van der Waals surface area contributed by atoms with Gasteiger partial charge in [-0.25, -0.2) is 0 Å². The van der Waals surface area contributed by atoms with Gasteiger partial charge in [-0.05, 0) is 43.7 Å². The van der Waals surface area contributed by atoms with E-state index in [1.807, 2.05) is 0 Å². The minimum atomic E-state index is 0.483. The zero-order valence-corrected chi connectivity index (χ0v) is 14.2. The maximum atomic E-state index is 5.15. The quantitative estimate of drug-likeness (QED) is 0.624. The Bertz CT molecular complexity index is 247. The van der Waals surface area contributed by atoms with E-state index >= 15 is 0 Å². The smallest absolute Gasteiger partial charge is 0.0587 e. The van der Waals surface area contributed by atoms with Crippen molar-refractivity contribution < 1.29 is 4.74 Å². The highest BCUT2D eigenvalue weighted by atomic mass is 16.5. The lowest BCUT2D eigenvalue weighted by molar-refractivity contribution is 0.0799. The molecule has 0 aliphatic heterocycles. The monoisotopic (exact) mass is 284 g/mol. The van der Waals surface area contributed by atoms with Crippen LogP contribution in [0.3, 0.4) is 0 Å². The lowest BCUT2D eigenvalue weighted by Crippen LogP contribution is -2.47. The lowest BCUT2D eigenvalue weighted by atomic mass is 9.69. The van der Waals surface area contributed by atoms with Crippen LogP contribution in [0.5, 0.6) is 0 Å². The molecule has 0 aromatic heterocycles. The molecule has 2 atom stereocenters. The summed E-state index contributed by atoms with van der Waals surface area (Å²) in [5, 5.41) is 3.64. The molecule has 1 rings (SSSR count). The van der Waals surface area contributed by atoms with Crippen molar-refractivity contribution in [2.24, 2.45) is 11.3 Å². The maximum absolute atomic E-state index is 5.15. The molecule has 3 nitrogen and oxygen atoms in total. The summed E-state index contributed by atoms with van der Waals surface area (Å²) in [4.78, 5) is 2.65. The standard InChI is InChI=1S/C17H36N2O/c1-5-11-19(6-2)15-17(14-18-10-12-20-4)9-7-8-16(3)13-17/h16,18H,5-15H2,1-4H3. The first-order chi connectivity index (χ1) is 9.65. The van der Waals surface area contributed by atoms with Crippen LogP contribution < -0.4 is 5.32 Å². The molecular weight excluding hydrogens is 248 g/mol. The second-order valence-electron chi connectivity index (χ2n) is 6.74. The van der Waals surface area contributed by atoms with Crippen LogP contribution in [0.15, 0.2) is 0 Å². The fourth-order valence-electron chi connectivity index (χ4n) is 3.80. The van der Waals surface area contributed by atoms with E-state index in [1.165, 1.54) is 51.7 Å². The molecule has 1 fully saturated rings. The van der Waals surface area contributed by atoms with Crippen molar-refractivity contribution in [3.63, 3.8) is 0 Å². The topological polar surface area (TPSA) is 24.5 Å². The molecule has 0 heterocycles. The van der Waals surface area contributed by atoms with Crippen molar-refractivity contribution in [1.29, 1.82) is 0 Å². The van der Waals surface area contributed by atoms with Crippen LogP contribution in [0.4, 0.5) is 0 Å². The van der Waals surface area contributed by atoms with Crippen LogP contribution in [0.25, 0.3) is 0 Å². The Kier molecular flexibility index (Phi) is 8.74. The molecule has 1 aliphatic carbocycles. The molecule has 0 amide bonds. The first-order valence-electron chi connectivity index (χ1n) is 8.57. The number of ether oxygens (including phenoxy) is 1. The largest absolute Gasteiger partial charge is 0.383 e. The Morgan fingerprint density at radius 3 is 2.75 bits per heavy atom. The van der Waals surface area contributed by atoms with Gasteiger partial charge in [0.1, 0.15) is 0 Å². The van der Waals surface area contributed by atoms with Gasteiger partial charge in [-0.3, -0.25) is 0 Å². The summed E-state index contributed by atoms with van der Waals surface area (Å²) >= 11 is 0. The molecule has 1 aliphatic rings. The number of nitrogens with one attached hydrogen (secondary N) is 1. The number of methoxy groups -OCH3 is 1. The number of nitrogens with zero attached hydrogens (tertiary/aromatic N) is 1. The zero-order chi connectivity index (χ0) is 14.8. The van der Waals surface area contributed by atoms with Crippen LogP contribution in [0, 0.1) is 11.3 Å². The van der Waals surface area contributed by atoms with E-state index in [9.17, 15) is 0 Å². The molecule has 0 spiro atoms. The fraction of sp³-hybridized carbons (Fsp3) is 1.00. The average molecular weight is 284 g/mol. The van der Waals surface area contributed by atoms with Crippen LogP contribution in [0.1, 0.15) is 52.9 Å². The second kappa shape index (κ2) is 9.75. The van der Waals surface area contributed by atoms with Crippen molar-refractivity contribution in [3.8, 4) is 0 Å². The van der Waals surface area contributed by atoms with Gasteiger partial charge in [0.05, 0.1) is 6.61 Å². The first-order valence-corrected chi connectivity index (χ1v) is 8.57. The molecule has 0 aromatic carbocycles. The van der Waals surface area contributed by atoms with Gasteiger partial charge in [0, 0.05) is 26.7 Å². The van der Waals surface area contributed by atoms with Gasteiger partial charge in [0.25, 0.3) is 0 Å². The van der Waals surface area contributed by atoms with Gasteiger partial charge in [-0.1, -0.05) is 33.6 Å². The molecule has 2 unspecified atom stereocenters.